The molecule has 4 rings (SSSR count). The molecule has 2 aliphatic heterocycles. The van der Waals surface area contributed by atoms with Crippen LogP contribution in [0.2, 0.25) is 0 Å². The van der Waals surface area contributed by atoms with Crippen LogP contribution in [-0.4, -0.2) is 84.4 Å². The first-order valence-electron chi connectivity index (χ1n) is 12.8. The smallest absolute Gasteiger partial charge is 0.325 e. The molecule has 1 unspecified atom stereocenters. The lowest BCUT2D eigenvalue weighted by Gasteiger charge is -2.40. The highest BCUT2D eigenvalue weighted by Gasteiger charge is 2.52. The second kappa shape index (κ2) is 10.9. The third-order valence-electron chi connectivity index (χ3n) is 7.91. The molecule has 1 saturated carbocycles. The average Bonchev–Trinajstić information content (AvgIpc) is 3.07. The van der Waals surface area contributed by atoms with Gasteiger partial charge in [0.2, 0.25) is 5.91 Å². The van der Waals surface area contributed by atoms with Crippen molar-refractivity contribution < 1.29 is 14.4 Å². The van der Waals surface area contributed by atoms with Crippen LogP contribution < -0.4 is 10.6 Å². The van der Waals surface area contributed by atoms with Crippen LogP contribution in [0.15, 0.2) is 30.3 Å². The summed E-state index contributed by atoms with van der Waals surface area (Å²) in [5, 5.41) is 5.81. The zero-order valence-corrected chi connectivity index (χ0v) is 20.6. The molecule has 4 amide bonds. The molecule has 2 N–H and O–H groups in total. The van der Waals surface area contributed by atoms with E-state index in [9.17, 15) is 14.4 Å². The largest absolute Gasteiger partial charge is 0.354 e. The number of piperazine rings is 1. The molecule has 1 atom stereocenters. The fourth-order valence-electron chi connectivity index (χ4n) is 5.66. The van der Waals surface area contributed by atoms with E-state index in [1.165, 1.54) is 5.56 Å². The Hall–Kier alpha value is -2.45. The molecule has 34 heavy (non-hydrogen) atoms. The van der Waals surface area contributed by atoms with E-state index in [1.54, 1.807) is 0 Å². The Morgan fingerprint density at radius 1 is 1.15 bits per heavy atom. The second-order valence-corrected chi connectivity index (χ2v) is 10.2. The molecular weight excluding hydrogens is 430 g/mol. The Labute approximate surface area is 203 Å². The van der Waals surface area contributed by atoms with Crippen molar-refractivity contribution in [1.82, 2.24) is 25.3 Å². The van der Waals surface area contributed by atoms with Crippen molar-refractivity contribution in [2.75, 3.05) is 46.3 Å². The first-order valence-corrected chi connectivity index (χ1v) is 12.8. The lowest BCUT2D eigenvalue weighted by Crippen LogP contribution is -2.50. The highest BCUT2D eigenvalue weighted by atomic mass is 16.2. The van der Waals surface area contributed by atoms with Gasteiger partial charge in [0.1, 0.15) is 12.1 Å². The van der Waals surface area contributed by atoms with Gasteiger partial charge in [0.25, 0.3) is 5.91 Å². The second-order valence-electron chi connectivity index (χ2n) is 10.2. The minimum absolute atomic E-state index is 0.204. The maximum atomic E-state index is 13.0. The van der Waals surface area contributed by atoms with Gasteiger partial charge >= 0.3 is 6.03 Å². The Morgan fingerprint density at radius 3 is 2.59 bits per heavy atom. The predicted octanol–water partition coefficient (Wildman–Crippen LogP) is 2.37. The number of carbonyl (C=O) groups is 3. The highest BCUT2D eigenvalue weighted by molar-refractivity contribution is 6.09. The van der Waals surface area contributed by atoms with Gasteiger partial charge in [0.05, 0.1) is 0 Å². The van der Waals surface area contributed by atoms with Crippen LogP contribution in [-0.2, 0) is 9.59 Å². The van der Waals surface area contributed by atoms with Crippen molar-refractivity contribution in [2.24, 2.45) is 5.92 Å². The number of benzene rings is 1. The molecular formula is C26H39N5O3. The fourth-order valence-corrected chi connectivity index (χ4v) is 5.66. The zero-order valence-electron chi connectivity index (χ0n) is 20.6. The van der Waals surface area contributed by atoms with Crippen LogP contribution >= 0.6 is 0 Å². The molecule has 3 fully saturated rings. The number of imide groups is 1. The van der Waals surface area contributed by atoms with E-state index >= 15 is 0 Å². The predicted molar refractivity (Wildman–Crippen MR) is 131 cm³/mol. The third-order valence-corrected chi connectivity index (χ3v) is 7.91. The quantitative estimate of drug-likeness (QED) is 0.451. The van der Waals surface area contributed by atoms with Crippen LogP contribution in [0.3, 0.4) is 0 Å². The van der Waals surface area contributed by atoms with Gasteiger partial charge < -0.3 is 15.5 Å². The van der Waals surface area contributed by atoms with Gasteiger partial charge in [-0.15, -0.1) is 0 Å². The van der Waals surface area contributed by atoms with E-state index in [1.807, 2.05) is 6.07 Å². The van der Waals surface area contributed by atoms with Crippen molar-refractivity contribution >= 4 is 17.8 Å². The number of hydrogen-bond acceptors (Lipinski definition) is 5. The van der Waals surface area contributed by atoms with Crippen molar-refractivity contribution in [1.29, 1.82) is 0 Å². The average molecular weight is 470 g/mol. The molecule has 0 aromatic heterocycles. The Balaban J connectivity index is 1.23. The lowest BCUT2D eigenvalue weighted by molar-refractivity contribution is -0.136. The molecule has 186 valence electrons. The lowest BCUT2D eigenvalue weighted by atomic mass is 9.75. The molecule has 1 aliphatic carbocycles. The summed E-state index contributed by atoms with van der Waals surface area (Å²) in [5.74, 6) is 0.112. The number of carbonyl (C=O) groups excluding carboxylic acids is 3. The molecule has 8 nitrogen and oxygen atoms in total. The van der Waals surface area contributed by atoms with Gasteiger partial charge in [-0.05, 0) is 50.6 Å². The van der Waals surface area contributed by atoms with Crippen LogP contribution in [0, 0.1) is 5.92 Å². The molecule has 0 bridgehead atoms. The van der Waals surface area contributed by atoms with E-state index < -0.39 is 11.6 Å². The number of nitrogens with one attached hydrogen (secondary N) is 2. The van der Waals surface area contributed by atoms with Gasteiger partial charge in [-0.2, -0.15) is 0 Å². The first kappa shape index (κ1) is 24.7. The van der Waals surface area contributed by atoms with E-state index in [0.29, 0.717) is 31.3 Å². The number of urea groups is 1. The van der Waals surface area contributed by atoms with Crippen LogP contribution in [0.1, 0.15) is 57.1 Å². The summed E-state index contributed by atoms with van der Waals surface area (Å²) in [4.78, 5) is 44.0. The van der Waals surface area contributed by atoms with Crippen LogP contribution in [0.25, 0.3) is 0 Å². The molecule has 1 spiro atoms. The monoisotopic (exact) mass is 469 g/mol. The maximum absolute atomic E-state index is 13.0. The summed E-state index contributed by atoms with van der Waals surface area (Å²) >= 11 is 0. The SMILES string of the molecule is CCC1CCC2(CC1)NC(=O)N(CC(=O)NCCCN1CCN(C)CC1c1ccccc1)C2=O. The summed E-state index contributed by atoms with van der Waals surface area (Å²) in [6.07, 6.45) is 5.15. The zero-order chi connectivity index (χ0) is 24.1. The Morgan fingerprint density at radius 2 is 1.88 bits per heavy atom. The topological polar surface area (TPSA) is 85.0 Å². The summed E-state index contributed by atoms with van der Waals surface area (Å²) in [5.41, 5.74) is 0.523. The molecule has 8 heteroatoms. The summed E-state index contributed by atoms with van der Waals surface area (Å²) < 4.78 is 0. The minimum atomic E-state index is -0.795. The van der Waals surface area contributed by atoms with Crippen molar-refractivity contribution in [2.45, 2.75) is 57.0 Å². The highest BCUT2D eigenvalue weighted by Crippen LogP contribution is 2.37. The van der Waals surface area contributed by atoms with Crippen molar-refractivity contribution in [3.63, 3.8) is 0 Å². The fraction of sp³-hybridized carbons (Fsp3) is 0.654. The van der Waals surface area contributed by atoms with Gasteiger partial charge in [0.15, 0.2) is 0 Å². The van der Waals surface area contributed by atoms with E-state index in [-0.39, 0.29) is 18.4 Å². The molecule has 1 aromatic carbocycles. The van der Waals surface area contributed by atoms with E-state index in [2.05, 4.69) is 58.7 Å². The van der Waals surface area contributed by atoms with E-state index in [0.717, 1.165) is 56.8 Å². The molecule has 2 saturated heterocycles. The number of amides is 4. The van der Waals surface area contributed by atoms with Crippen LogP contribution in [0.4, 0.5) is 4.79 Å². The van der Waals surface area contributed by atoms with E-state index in [4.69, 9.17) is 0 Å². The summed E-state index contributed by atoms with van der Waals surface area (Å²) in [6.45, 7) is 6.39. The number of nitrogens with zero attached hydrogens (tertiary/aromatic N) is 3. The van der Waals surface area contributed by atoms with Gasteiger partial charge in [0, 0.05) is 38.8 Å². The summed E-state index contributed by atoms with van der Waals surface area (Å²) in [7, 11) is 2.16. The number of likely N-dealkylation sites (N-methyl/N-ethyl adjacent to an activating group) is 1. The number of hydrogen-bond donors (Lipinski definition) is 2. The first-order chi connectivity index (χ1) is 16.4. The number of rotatable bonds is 8. The molecule has 3 aliphatic rings. The normalized spacial score (nSPS) is 28.4. The standard InChI is InChI=1S/C26H39N5O3/c1-3-20-10-12-26(13-11-20)24(33)31(25(34)28-26)19-23(32)27-14-7-15-30-17-16-29(2)18-22(30)21-8-5-4-6-9-21/h4-6,8-9,20,22H,3,7,10-19H2,1-2H3,(H,27,32)(H,28,34). The minimum Gasteiger partial charge on any atom is -0.354 e. The summed E-state index contributed by atoms with van der Waals surface area (Å²) in [6, 6.07) is 10.5. The molecule has 1 aromatic rings. The Kier molecular flexibility index (Phi) is 7.88. The molecule has 0 radical (unpaired) electrons. The Bertz CT molecular complexity index is 868. The van der Waals surface area contributed by atoms with Gasteiger partial charge in [-0.3, -0.25) is 19.4 Å². The van der Waals surface area contributed by atoms with Crippen molar-refractivity contribution in [3.8, 4) is 0 Å². The van der Waals surface area contributed by atoms with Crippen molar-refractivity contribution in [3.05, 3.63) is 35.9 Å². The maximum Gasteiger partial charge on any atom is 0.325 e. The van der Waals surface area contributed by atoms with Gasteiger partial charge in [-0.25, -0.2) is 4.79 Å². The van der Waals surface area contributed by atoms with Gasteiger partial charge in [-0.1, -0.05) is 43.7 Å². The third kappa shape index (κ3) is 5.44. The van der Waals surface area contributed by atoms with Crippen LogP contribution in [0.5, 0.6) is 0 Å². The molecule has 2 heterocycles.